The van der Waals surface area contributed by atoms with Crippen molar-refractivity contribution in [1.29, 1.82) is 0 Å². The molecule has 4 rings (SSSR count). The zero-order chi connectivity index (χ0) is 21.2. The van der Waals surface area contributed by atoms with E-state index in [0.29, 0.717) is 27.9 Å². The Morgan fingerprint density at radius 2 is 1.66 bits per heavy atom. The Labute approximate surface area is 182 Å². The Hall–Kier alpha value is -0.263. The topological polar surface area (TPSA) is 9.23 Å². The quantitative estimate of drug-likeness (QED) is 0.333. The molecule has 4 saturated carbocycles. The molecule has 4 aliphatic carbocycles. The van der Waals surface area contributed by atoms with E-state index in [4.69, 9.17) is 10.8 Å². The van der Waals surface area contributed by atoms with Gasteiger partial charge in [-0.1, -0.05) is 41.0 Å². The van der Waals surface area contributed by atoms with E-state index < -0.39 is 8.32 Å². The summed E-state index contributed by atoms with van der Waals surface area (Å²) in [4.78, 5) is 0. The minimum atomic E-state index is -1.76. The molecule has 0 N–H and O–H groups in total. The van der Waals surface area contributed by atoms with Gasteiger partial charge in [-0.2, -0.15) is 0 Å². The summed E-state index contributed by atoms with van der Waals surface area (Å²) in [6.07, 6.45) is 18.8. The first-order valence-electron chi connectivity index (χ1n) is 12.6. The highest BCUT2D eigenvalue weighted by Gasteiger charge is 2.62. The lowest BCUT2D eigenvalue weighted by Gasteiger charge is -2.63. The van der Waals surface area contributed by atoms with Crippen LogP contribution in [0.25, 0.3) is 0 Å². The Bertz CT molecular complexity index is 669. The van der Waals surface area contributed by atoms with Gasteiger partial charge in [0.15, 0.2) is 8.32 Å². The molecule has 0 heterocycles. The molecule has 2 heteroatoms. The first-order chi connectivity index (χ1) is 13.4. The van der Waals surface area contributed by atoms with Crippen LogP contribution >= 0.6 is 0 Å². The van der Waals surface area contributed by atoms with Crippen LogP contribution < -0.4 is 0 Å². The molecule has 4 aliphatic rings. The van der Waals surface area contributed by atoms with Crippen LogP contribution in [-0.2, 0) is 4.43 Å². The fourth-order valence-corrected chi connectivity index (χ4v) is 9.72. The number of fused-ring (bicyclic) bond motifs is 5. The van der Waals surface area contributed by atoms with Gasteiger partial charge in [0.2, 0.25) is 0 Å². The second-order valence-corrected chi connectivity index (χ2v) is 17.9. The summed E-state index contributed by atoms with van der Waals surface area (Å²) in [5.74, 6) is 7.19. The van der Waals surface area contributed by atoms with Crippen molar-refractivity contribution >= 4 is 8.32 Å². The van der Waals surface area contributed by atoms with Crippen LogP contribution in [0.3, 0.4) is 0 Å². The van der Waals surface area contributed by atoms with Crippen molar-refractivity contribution in [3.05, 3.63) is 0 Å². The van der Waals surface area contributed by atoms with Crippen LogP contribution in [-0.4, -0.2) is 14.4 Å². The molecule has 1 nitrogen and oxygen atoms in total. The van der Waals surface area contributed by atoms with Crippen LogP contribution in [0.4, 0.5) is 0 Å². The van der Waals surface area contributed by atoms with Crippen LogP contribution in [0.1, 0.15) is 92.4 Å². The molecule has 0 bridgehead atoms. The normalized spacial score (nSPS) is 47.7. The molecule has 0 spiro atoms. The number of hydrogen-bond acceptors (Lipinski definition) is 1. The van der Waals surface area contributed by atoms with Gasteiger partial charge in [-0.15, -0.1) is 12.3 Å². The molecule has 4 fully saturated rings. The zero-order valence-corrected chi connectivity index (χ0v) is 21.3. The predicted octanol–water partition coefficient (Wildman–Crippen LogP) is 7.67. The summed E-state index contributed by atoms with van der Waals surface area (Å²) < 4.78 is 7.25. The summed E-state index contributed by atoms with van der Waals surface area (Å²) in [5, 5.41) is 0.293. The van der Waals surface area contributed by atoms with E-state index in [-0.39, 0.29) is 0 Å². The molecular formula is C27H46OSi. The summed E-state index contributed by atoms with van der Waals surface area (Å²) in [6, 6.07) is 0. The molecule has 0 aliphatic heterocycles. The molecule has 0 amide bonds. The van der Waals surface area contributed by atoms with Gasteiger partial charge >= 0.3 is 0 Å². The molecule has 0 aromatic rings. The number of hydrogen-bond donors (Lipinski definition) is 0. The van der Waals surface area contributed by atoms with Gasteiger partial charge < -0.3 is 4.43 Å². The second kappa shape index (κ2) is 7.13. The van der Waals surface area contributed by atoms with E-state index >= 15 is 0 Å². The summed E-state index contributed by atoms with van der Waals surface area (Å²) in [6.45, 7) is 17.3. The molecule has 29 heavy (non-hydrogen) atoms. The number of terminal acetylenes is 1. The SMILES string of the molecule is C#C[C@H]1CC[C@H]2[C@@H]3CC[C@H]4CCCC(O[Si](C)(C)C(C)(C)C)[C@]4(C)[C@H]3CC[C@]12C. The van der Waals surface area contributed by atoms with Crippen molar-refractivity contribution in [3.8, 4) is 12.3 Å². The Balaban J connectivity index is 1.64. The van der Waals surface area contributed by atoms with Crippen LogP contribution in [0.2, 0.25) is 18.1 Å². The van der Waals surface area contributed by atoms with Crippen LogP contribution in [0.5, 0.6) is 0 Å². The van der Waals surface area contributed by atoms with Crippen molar-refractivity contribution in [1.82, 2.24) is 0 Å². The van der Waals surface area contributed by atoms with Crippen molar-refractivity contribution in [2.24, 2.45) is 40.4 Å². The van der Waals surface area contributed by atoms with E-state index in [0.717, 1.165) is 23.7 Å². The highest BCUT2D eigenvalue weighted by molar-refractivity contribution is 6.74. The molecule has 1 unspecified atom stereocenters. The van der Waals surface area contributed by atoms with Gasteiger partial charge in [-0.25, -0.2) is 0 Å². The van der Waals surface area contributed by atoms with Gasteiger partial charge in [-0.3, -0.25) is 0 Å². The fraction of sp³-hybridized carbons (Fsp3) is 0.926. The average Bonchev–Trinajstić information content (AvgIpc) is 2.97. The predicted molar refractivity (Wildman–Crippen MR) is 126 cm³/mol. The molecule has 0 radical (unpaired) electrons. The van der Waals surface area contributed by atoms with Gasteiger partial charge in [0, 0.05) is 5.92 Å². The highest BCUT2D eigenvalue weighted by Crippen LogP contribution is 2.68. The average molecular weight is 415 g/mol. The summed E-state index contributed by atoms with van der Waals surface area (Å²) in [7, 11) is -1.76. The van der Waals surface area contributed by atoms with Crippen molar-refractivity contribution in [3.63, 3.8) is 0 Å². The van der Waals surface area contributed by atoms with Crippen molar-refractivity contribution in [2.45, 2.75) is 117 Å². The molecule has 0 aromatic carbocycles. The molecule has 0 saturated heterocycles. The van der Waals surface area contributed by atoms with Gasteiger partial charge in [-0.05, 0) is 104 Å². The van der Waals surface area contributed by atoms with Crippen LogP contribution in [0.15, 0.2) is 0 Å². The van der Waals surface area contributed by atoms with E-state index in [1.807, 2.05) is 0 Å². The molecule has 0 aromatic heterocycles. The Morgan fingerprint density at radius 3 is 2.31 bits per heavy atom. The summed E-state index contributed by atoms with van der Waals surface area (Å²) >= 11 is 0. The third-order valence-corrected chi connectivity index (χ3v) is 15.6. The van der Waals surface area contributed by atoms with E-state index in [9.17, 15) is 0 Å². The third-order valence-electron chi connectivity index (χ3n) is 11.1. The lowest BCUT2D eigenvalue weighted by molar-refractivity contribution is -0.156. The maximum atomic E-state index is 7.25. The lowest BCUT2D eigenvalue weighted by atomic mass is 9.44. The van der Waals surface area contributed by atoms with E-state index in [1.165, 1.54) is 57.8 Å². The van der Waals surface area contributed by atoms with Gasteiger partial charge in [0.25, 0.3) is 0 Å². The molecular weight excluding hydrogens is 368 g/mol. The first kappa shape index (κ1) is 21.9. The second-order valence-electron chi connectivity index (χ2n) is 13.2. The van der Waals surface area contributed by atoms with E-state index in [2.05, 4.69) is 53.6 Å². The smallest absolute Gasteiger partial charge is 0.192 e. The largest absolute Gasteiger partial charge is 0.413 e. The van der Waals surface area contributed by atoms with Gasteiger partial charge in [0.05, 0.1) is 6.10 Å². The summed E-state index contributed by atoms with van der Waals surface area (Å²) in [5.41, 5.74) is 0.788. The zero-order valence-electron chi connectivity index (χ0n) is 20.3. The Morgan fingerprint density at radius 1 is 0.931 bits per heavy atom. The first-order valence-corrected chi connectivity index (χ1v) is 15.5. The molecule has 8 atom stereocenters. The number of rotatable bonds is 2. The lowest BCUT2D eigenvalue weighted by Crippen LogP contribution is -2.60. The fourth-order valence-electron chi connectivity index (χ4n) is 8.28. The maximum Gasteiger partial charge on any atom is 0.192 e. The minimum absolute atomic E-state index is 0.293. The van der Waals surface area contributed by atoms with Crippen molar-refractivity contribution < 1.29 is 4.43 Å². The Kier molecular flexibility index (Phi) is 5.40. The minimum Gasteiger partial charge on any atom is -0.413 e. The highest BCUT2D eigenvalue weighted by atomic mass is 28.4. The maximum absolute atomic E-state index is 7.25. The van der Waals surface area contributed by atoms with Crippen LogP contribution in [0, 0.1) is 52.8 Å². The van der Waals surface area contributed by atoms with Crippen molar-refractivity contribution in [2.75, 3.05) is 0 Å². The van der Waals surface area contributed by atoms with E-state index in [1.54, 1.807) is 0 Å². The monoisotopic (exact) mass is 414 g/mol. The standard InChI is InChI=1S/C27H46OSi/c1-9-19-14-16-22-21-15-13-20-11-10-12-24(28-29(7,8)25(2,3)4)27(20,6)23(21)17-18-26(19,22)5/h1,19-24H,10-18H2,2-8H3/t19-,20+,21-,22-,23-,24?,26+,27-/m0/s1. The molecule has 164 valence electrons. The van der Waals surface area contributed by atoms with Gasteiger partial charge in [0.1, 0.15) is 0 Å². The third kappa shape index (κ3) is 3.20.